The number of hydrogen-bond donors (Lipinski definition) is 2. The Balaban J connectivity index is 1.79. The second kappa shape index (κ2) is 5.40. The van der Waals surface area contributed by atoms with Crippen LogP contribution in [0.3, 0.4) is 0 Å². The van der Waals surface area contributed by atoms with E-state index in [0.29, 0.717) is 27.8 Å². The Morgan fingerprint density at radius 3 is 2.61 bits per heavy atom. The van der Waals surface area contributed by atoms with E-state index in [4.69, 9.17) is 16.3 Å². The molecule has 0 fully saturated rings. The number of aromatic amines is 1. The standard InChI is InChI=1S/C16H11ClN4O2/c17-11-3-1-2-9(6-11)15-16(20-21-19-15)10-4-5-13-12(7-10)18-14(22)8-23-13/h1-7H,8H2,(H,18,22)(H,19,20,21). The number of carbonyl (C=O) groups excluding carboxylic acids is 1. The van der Waals surface area contributed by atoms with Crippen molar-refractivity contribution in [1.82, 2.24) is 15.4 Å². The van der Waals surface area contributed by atoms with E-state index in [1.807, 2.05) is 30.3 Å². The first-order valence-corrected chi connectivity index (χ1v) is 7.32. The molecule has 2 aromatic carbocycles. The minimum atomic E-state index is -0.176. The second-order valence-electron chi connectivity index (χ2n) is 5.08. The van der Waals surface area contributed by atoms with Crippen molar-refractivity contribution in [1.29, 1.82) is 0 Å². The number of nitrogens with one attached hydrogen (secondary N) is 2. The summed E-state index contributed by atoms with van der Waals surface area (Å²) in [6.45, 7) is 0.0318. The fraction of sp³-hybridized carbons (Fsp3) is 0.0625. The van der Waals surface area contributed by atoms with E-state index < -0.39 is 0 Å². The Morgan fingerprint density at radius 2 is 1.83 bits per heavy atom. The number of fused-ring (bicyclic) bond motifs is 1. The number of halogens is 1. The molecule has 1 aliphatic rings. The minimum absolute atomic E-state index is 0.0318. The number of anilines is 1. The van der Waals surface area contributed by atoms with Gasteiger partial charge in [0.25, 0.3) is 5.91 Å². The van der Waals surface area contributed by atoms with Crippen LogP contribution in [0.1, 0.15) is 0 Å². The maximum Gasteiger partial charge on any atom is 0.262 e. The van der Waals surface area contributed by atoms with Gasteiger partial charge in [0.05, 0.1) is 5.69 Å². The summed E-state index contributed by atoms with van der Waals surface area (Å²) in [5.74, 6) is 0.464. The molecule has 114 valence electrons. The number of ether oxygens (including phenoxy) is 1. The van der Waals surface area contributed by atoms with Crippen LogP contribution in [0.2, 0.25) is 5.02 Å². The van der Waals surface area contributed by atoms with Crippen molar-refractivity contribution < 1.29 is 9.53 Å². The monoisotopic (exact) mass is 326 g/mol. The van der Waals surface area contributed by atoms with E-state index >= 15 is 0 Å². The first-order chi connectivity index (χ1) is 11.2. The van der Waals surface area contributed by atoms with E-state index in [-0.39, 0.29) is 12.5 Å². The van der Waals surface area contributed by atoms with Gasteiger partial charge in [-0.15, -0.1) is 0 Å². The highest BCUT2D eigenvalue weighted by atomic mass is 35.5. The van der Waals surface area contributed by atoms with Gasteiger partial charge in [0.2, 0.25) is 0 Å². The molecular formula is C16H11ClN4O2. The number of amides is 1. The SMILES string of the molecule is O=C1COc2ccc(-c3n[nH]nc3-c3cccc(Cl)c3)cc2N1. The fourth-order valence-corrected chi connectivity index (χ4v) is 2.69. The van der Waals surface area contributed by atoms with Crippen molar-refractivity contribution in [3.8, 4) is 28.3 Å². The third-order valence-corrected chi connectivity index (χ3v) is 3.77. The number of carbonyl (C=O) groups is 1. The van der Waals surface area contributed by atoms with Gasteiger partial charge in [-0.05, 0) is 30.3 Å². The molecule has 2 heterocycles. The van der Waals surface area contributed by atoms with Gasteiger partial charge < -0.3 is 10.1 Å². The van der Waals surface area contributed by atoms with Gasteiger partial charge in [0.15, 0.2) is 6.61 Å². The highest BCUT2D eigenvalue weighted by Gasteiger charge is 2.19. The summed E-state index contributed by atoms with van der Waals surface area (Å²) < 4.78 is 5.37. The Morgan fingerprint density at radius 1 is 1.04 bits per heavy atom. The zero-order chi connectivity index (χ0) is 15.8. The summed E-state index contributed by atoms with van der Waals surface area (Å²) in [6.07, 6.45) is 0. The molecule has 1 amide bonds. The number of rotatable bonds is 2. The second-order valence-corrected chi connectivity index (χ2v) is 5.52. The molecule has 0 radical (unpaired) electrons. The van der Waals surface area contributed by atoms with Crippen molar-refractivity contribution in [2.45, 2.75) is 0 Å². The highest BCUT2D eigenvalue weighted by Crippen LogP contribution is 2.35. The van der Waals surface area contributed by atoms with Crippen molar-refractivity contribution in [2.75, 3.05) is 11.9 Å². The van der Waals surface area contributed by atoms with Crippen molar-refractivity contribution in [3.05, 3.63) is 47.5 Å². The number of H-pyrrole nitrogens is 1. The topological polar surface area (TPSA) is 79.9 Å². The number of nitrogens with zero attached hydrogens (tertiary/aromatic N) is 2. The molecule has 0 atom stereocenters. The van der Waals surface area contributed by atoms with Gasteiger partial charge in [-0.25, -0.2) is 0 Å². The lowest BCUT2D eigenvalue weighted by Gasteiger charge is -2.18. The van der Waals surface area contributed by atoms with Crippen molar-refractivity contribution in [2.24, 2.45) is 0 Å². The Labute approximate surface area is 136 Å². The normalized spacial score (nSPS) is 13.2. The molecule has 0 saturated heterocycles. The minimum Gasteiger partial charge on any atom is -0.482 e. The molecule has 6 nitrogen and oxygen atoms in total. The zero-order valence-electron chi connectivity index (χ0n) is 11.8. The van der Waals surface area contributed by atoms with Crippen LogP contribution in [0.25, 0.3) is 22.5 Å². The van der Waals surface area contributed by atoms with Crippen LogP contribution in [0.4, 0.5) is 5.69 Å². The highest BCUT2D eigenvalue weighted by molar-refractivity contribution is 6.30. The maximum atomic E-state index is 11.5. The average molecular weight is 327 g/mol. The van der Waals surface area contributed by atoms with E-state index in [1.54, 1.807) is 12.1 Å². The number of benzene rings is 2. The van der Waals surface area contributed by atoms with Crippen LogP contribution in [-0.4, -0.2) is 27.9 Å². The molecule has 4 rings (SSSR count). The molecule has 0 saturated carbocycles. The zero-order valence-corrected chi connectivity index (χ0v) is 12.6. The molecule has 0 unspecified atom stereocenters. The van der Waals surface area contributed by atoms with Crippen molar-refractivity contribution >= 4 is 23.2 Å². The Kier molecular flexibility index (Phi) is 3.24. The van der Waals surface area contributed by atoms with Gasteiger partial charge in [0.1, 0.15) is 17.1 Å². The van der Waals surface area contributed by atoms with E-state index in [9.17, 15) is 4.79 Å². The van der Waals surface area contributed by atoms with E-state index in [2.05, 4.69) is 20.7 Å². The molecule has 0 bridgehead atoms. The summed E-state index contributed by atoms with van der Waals surface area (Å²) >= 11 is 6.05. The lowest BCUT2D eigenvalue weighted by Crippen LogP contribution is -2.25. The van der Waals surface area contributed by atoms with Crippen LogP contribution < -0.4 is 10.1 Å². The summed E-state index contributed by atoms with van der Waals surface area (Å²) in [5.41, 5.74) is 3.67. The van der Waals surface area contributed by atoms with Crippen LogP contribution in [0.15, 0.2) is 42.5 Å². The largest absolute Gasteiger partial charge is 0.482 e. The van der Waals surface area contributed by atoms with Gasteiger partial charge in [-0.1, -0.05) is 23.7 Å². The molecule has 1 aliphatic heterocycles. The molecular weight excluding hydrogens is 316 g/mol. The summed E-state index contributed by atoms with van der Waals surface area (Å²) in [7, 11) is 0. The summed E-state index contributed by atoms with van der Waals surface area (Å²) in [5, 5.41) is 14.5. The van der Waals surface area contributed by atoms with Crippen LogP contribution in [-0.2, 0) is 4.79 Å². The lowest BCUT2D eigenvalue weighted by molar-refractivity contribution is -0.118. The van der Waals surface area contributed by atoms with Gasteiger partial charge >= 0.3 is 0 Å². The van der Waals surface area contributed by atoms with Crippen LogP contribution in [0.5, 0.6) is 5.75 Å². The Hall–Kier alpha value is -2.86. The maximum absolute atomic E-state index is 11.5. The Bertz CT molecular complexity index is 907. The predicted molar refractivity (Wildman–Crippen MR) is 86.4 cm³/mol. The molecule has 3 aromatic rings. The van der Waals surface area contributed by atoms with E-state index in [0.717, 1.165) is 11.1 Å². The van der Waals surface area contributed by atoms with Gasteiger partial charge in [-0.2, -0.15) is 15.4 Å². The first kappa shape index (κ1) is 13.8. The molecule has 1 aromatic heterocycles. The average Bonchev–Trinajstić information content (AvgIpc) is 3.03. The summed E-state index contributed by atoms with van der Waals surface area (Å²) in [4.78, 5) is 11.5. The predicted octanol–water partition coefficient (Wildman–Crippen LogP) is 3.12. The van der Waals surface area contributed by atoms with E-state index in [1.165, 1.54) is 0 Å². The van der Waals surface area contributed by atoms with Gasteiger partial charge in [-0.3, -0.25) is 4.79 Å². The lowest BCUT2D eigenvalue weighted by atomic mass is 10.0. The number of hydrogen-bond acceptors (Lipinski definition) is 4. The first-order valence-electron chi connectivity index (χ1n) is 6.94. The van der Waals surface area contributed by atoms with Gasteiger partial charge in [0, 0.05) is 16.1 Å². The molecule has 0 spiro atoms. The molecule has 23 heavy (non-hydrogen) atoms. The smallest absolute Gasteiger partial charge is 0.262 e. The summed E-state index contributed by atoms with van der Waals surface area (Å²) in [6, 6.07) is 12.9. The van der Waals surface area contributed by atoms with Crippen molar-refractivity contribution in [3.63, 3.8) is 0 Å². The quantitative estimate of drug-likeness (QED) is 0.758. The fourth-order valence-electron chi connectivity index (χ4n) is 2.50. The third-order valence-electron chi connectivity index (χ3n) is 3.53. The van der Waals surface area contributed by atoms with Crippen LogP contribution in [0, 0.1) is 0 Å². The molecule has 0 aliphatic carbocycles. The molecule has 7 heteroatoms. The molecule has 2 N–H and O–H groups in total. The third kappa shape index (κ3) is 2.53. The number of aromatic nitrogens is 3. The van der Waals surface area contributed by atoms with Crippen LogP contribution >= 0.6 is 11.6 Å².